The van der Waals surface area contributed by atoms with E-state index in [1.54, 1.807) is 25.0 Å². The highest BCUT2D eigenvalue weighted by Gasteiger charge is 2.31. The second kappa shape index (κ2) is 17.5. The van der Waals surface area contributed by atoms with E-state index in [0.29, 0.717) is 31.9 Å². The average Bonchev–Trinajstić information content (AvgIpc) is 3.01. The van der Waals surface area contributed by atoms with Crippen molar-refractivity contribution >= 4 is 17.5 Å². The number of nitrogens with zero attached hydrogens (tertiary/aromatic N) is 2. The summed E-state index contributed by atoms with van der Waals surface area (Å²) >= 11 is 0. The number of amides is 2. The Bertz CT molecular complexity index is 1260. The van der Waals surface area contributed by atoms with Gasteiger partial charge in [0.1, 0.15) is 11.5 Å². The Kier molecular flexibility index (Phi) is 14.1. The monoisotopic (exact) mass is 651 g/mol. The fourth-order valence-corrected chi connectivity index (χ4v) is 5.36. The van der Waals surface area contributed by atoms with Crippen molar-refractivity contribution in [3.05, 3.63) is 53.6 Å². The molecule has 3 rings (SSSR count). The number of halogens is 3. The number of aliphatic hydroxyl groups excluding tert-OH is 1. The van der Waals surface area contributed by atoms with Crippen molar-refractivity contribution in [1.29, 1.82) is 0 Å². The van der Waals surface area contributed by atoms with Crippen molar-refractivity contribution in [2.45, 2.75) is 83.8 Å². The highest BCUT2D eigenvalue weighted by atomic mass is 19.4. The third-order valence-corrected chi connectivity index (χ3v) is 8.07. The number of carbonyl (C=O) groups is 2. The molecule has 0 radical (unpaired) electrons. The lowest BCUT2D eigenvalue weighted by molar-refractivity contribution is -0.142. The fourth-order valence-electron chi connectivity index (χ4n) is 5.36. The number of carbonyl (C=O) groups excluding carboxylic acids is 2. The van der Waals surface area contributed by atoms with Gasteiger partial charge in [-0.05, 0) is 76.1 Å². The first-order valence-electron chi connectivity index (χ1n) is 15.8. The summed E-state index contributed by atoms with van der Waals surface area (Å²) in [7, 11) is 3.65. The van der Waals surface area contributed by atoms with Gasteiger partial charge in [0.2, 0.25) is 5.91 Å². The molecule has 9 nitrogen and oxygen atoms in total. The summed E-state index contributed by atoms with van der Waals surface area (Å²) in [5.41, 5.74) is 1.45. The van der Waals surface area contributed by atoms with Crippen LogP contribution in [0.15, 0.2) is 42.5 Å². The van der Waals surface area contributed by atoms with Gasteiger partial charge in [0, 0.05) is 44.3 Å². The lowest BCUT2D eigenvalue weighted by atomic mass is 10.0. The van der Waals surface area contributed by atoms with Crippen LogP contribution in [0.2, 0.25) is 0 Å². The topological polar surface area (TPSA) is 101 Å². The van der Waals surface area contributed by atoms with E-state index in [9.17, 15) is 27.9 Å². The standard InChI is InChI=1S/C34H48F3N3O6/c1-23-19-40(24(2)22-41)33(43)29-18-27(38-32(42)15-16-34(35,36)37)11-14-30(29)46-25(3)8-6-7-17-45-31(23)21-39(4)20-26-9-12-28(44-5)13-10-26/h9-14,18,23-25,31,41H,6-8,15-17,19-22H2,1-5H3,(H,38,42)/t23-,24+,25-,31-/m0/s1. The summed E-state index contributed by atoms with van der Waals surface area (Å²) in [4.78, 5) is 30.2. The van der Waals surface area contributed by atoms with Gasteiger partial charge in [-0.1, -0.05) is 19.1 Å². The van der Waals surface area contributed by atoms with Crippen LogP contribution in [0, 0.1) is 5.92 Å². The molecule has 1 aliphatic rings. The Morgan fingerprint density at radius 2 is 1.89 bits per heavy atom. The molecule has 0 unspecified atom stereocenters. The lowest BCUT2D eigenvalue weighted by Gasteiger charge is -2.36. The van der Waals surface area contributed by atoms with Gasteiger partial charge in [-0.25, -0.2) is 0 Å². The van der Waals surface area contributed by atoms with Crippen molar-refractivity contribution in [3.8, 4) is 11.5 Å². The largest absolute Gasteiger partial charge is 0.497 e. The molecule has 2 N–H and O–H groups in total. The number of likely N-dealkylation sites (N-methyl/N-ethyl adjacent to an activating group) is 1. The van der Waals surface area contributed by atoms with E-state index in [0.717, 1.165) is 24.2 Å². The van der Waals surface area contributed by atoms with Gasteiger partial charge < -0.3 is 29.5 Å². The van der Waals surface area contributed by atoms with Crippen molar-refractivity contribution in [2.75, 3.05) is 45.8 Å². The van der Waals surface area contributed by atoms with E-state index >= 15 is 0 Å². The molecule has 1 aliphatic heterocycles. The second-order valence-electron chi connectivity index (χ2n) is 12.2. The number of hydrogen-bond acceptors (Lipinski definition) is 7. The Morgan fingerprint density at radius 3 is 2.54 bits per heavy atom. The van der Waals surface area contributed by atoms with Crippen LogP contribution in [-0.2, 0) is 16.1 Å². The van der Waals surface area contributed by atoms with Crippen molar-refractivity contribution in [2.24, 2.45) is 5.92 Å². The van der Waals surface area contributed by atoms with Crippen molar-refractivity contribution in [1.82, 2.24) is 9.80 Å². The Morgan fingerprint density at radius 1 is 1.17 bits per heavy atom. The van der Waals surface area contributed by atoms with Gasteiger partial charge >= 0.3 is 6.18 Å². The lowest BCUT2D eigenvalue weighted by Crippen LogP contribution is -2.47. The van der Waals surface area contributed by atoms with Gasteiger partial charge in [-0.15, -0.1) is 0 Å². The molecular weight excluding hydrogens is 603 g/mol. The highest BCUT2D eigenvalue weighted by molar-refractivity contribution is 5.99. The quantitative estimate of drug-likeness (QED) is 0.330. The number of rotatable bonds is 10. The summed E-state index contributed by atoms with van der Waals surface area (Å²) in [6, 6.07) is 11.8. The predicted molar refractivity (Wildman–Crippen MR) is 170 cm³/mol. The molecule has 1 heterocycles. The van der Waals surface area contributed by atoms with E-state index in [4.69, 9.17) is 14.2 Å². The first kappa shape index (κ1) is 37.1. The number of fused-ring (bicyclic) bond motifs is 1. The van der Waals surface area contributed by atoms with Gasteiger partial charge in [0.15, 0.2) is 0 Å². The summed E-state index contributed by atoms with van der Waals surface area (Å²) in [5, 5.41) is 12.6. The smallest absolute Gasteiger partial charge is 0.389 e. The van der Waals surface area contributed by atoms with E-state index in [1.807, 2.05) is 45.2 Å². The first-order valence-corrected chi connectivity index (χ1v) is 15.8. The molecule has 256 valence electrons. The SMILES string of the molecule is COc1ccc(CN(C)C[C@@H]2OCCCC[C@H](C)Oc3ccc(NC(=O)CCC(F)(F)F)cc3C(=O)N([C@H](C)CO)C[C@@H]2C)cc1. The summed E-state index contributed by atoms with van der Waals surface area (Å²) < 4.78 is 55.8. The van der Waals surface area contributed by atoms with E-state index in [2.05, 4.69) is 10.2 Å². The van der Waals surface area contributed by atoms with Crippen LogP contribution in [-0.4, -0.2) is 91.6 Å². The molecule has 2 amide bonds. The molecular formula is C34H48F3N3O6. The zero-order chi connectivity index (χ0) is 33.9. The molecule has 2 aromatic carbocycles. The number of alkyl halides is 3. The maximum atomic E-state index is 14.2. The van der Waals surface area contributed by atoms with Crippen LogP contribution in [0.3, 0.4) is 0 Å². The molecule has 0 spiro atoms. The molecule has 2 aromatic rings. The van der Waals surface area contributed by atoms with Gasteiger partial charge in [-0.3, -0.25) is 14.5 Å². The molecule has 46 heavy (non-hydrogen) atoms. The molecule has 0 aliphatic carbocycles. The van der Waals surface area contributed by atoms with Gasteiger partial charge in [0.25, 0.3) is 5.91 Å². The minimum Gasteiger partial charge on any atom is -0.497 e. The average molecular weight is 652 g/mol. The van der Waals surface area contributed by atoms with Gasteiger partial charge in [0.05, 0.1) is 44.0 Å². The number of methoxy groups -OCH3 is 1. The Labute approximate surface area is 270 Å². The van der Waals surface area contributed by atoms with Crippen LogP contribution in [0.5, 0.6) is 11.5 Å². The molecule has 0 saturated heterocycles. The molecule has 0 fully saturated rings. The Balaban J connectivity index is 1.87. The van der Waals surface area contributed by atoms with Crippen molar-refractivity contribution in [3.63, 3.8) is 0 Å². The number of ether oxygens (including phenoxy) is 3. The molecule has 12 heteroatoms. The zero-order valence-electron chi connectivity index (χ0n) is 27.4. The fraction of sp³-hybridized carbons (Fsp3) is 0.588. The number of benzene rings is 2. The van der Waals surface area contributed by atoms with E-state index in [-0.39, 0.29) is 42.5 Å². The minimum atomic E-state index is -4.46. The van der Waals surface area contributed by atoms with E-state index < -0.39 is 36.9 Å². The normalized spacial score (nSPS) is 20.8. The maximum Gasteiger partial charge on any atom is 0.389 e. The van der Waals surface area contributed by atoms with Crippen LogP contribution >= 0.6 is 0 Å². The van der Waals surface area contributed by atoms with Crippen LogP contribution in [0.4, 0.5) is 18.9 Å². The summed E-state index contributed by atoms with van der Waals surface area (Å²) in [6.45, 7) is 7.47. The van der Waals surface area contributed by atoms with Gasteiger partial charge in [-0.2, -0.15) is 13.2 Å². The number of nitrogens with one attached hydrogen (secondary N) is 1. The summed E-state index contributed by atoms with van der Waals surface area (Å²) in [6.07, 6.45) is -4.53. The molecule has 0 bridgehead atoms. The third kappa shape index (κ3) is 11.8. The molecule has 4 atom stereocenters. The third-order valence-electron chi connectivity index (χ3n) is 8.07. The van der Waals surface area contributed by atoms with E-state index in [1.165, 1.54) is 12.1 Å². The molecule has 0 aromatic heterocycles. The summed E-state index contributed by atoms with van der Waals surface area (Å²) in [5.74, 6) is -0.280. The minimum absolute atomic E-state index is 0.132. The second-order valence-corrected chi connectivity index (χ2v) is 12.2. The Hall–Kier alpha value is -3.35. The molecule has 0 saturated carbocycles. The van der Waals surface area contributed by atoms with Crippen molar-refractivity contribution < 1.29 is 42.1 Å². The first-order chi connectivity index (χ1) is 21.8. The van der Waals surface area contributed by atoms with Crippen LogP contribution < -0.4 is 14.8 Å². The maximum absolute atomic E-state index is 14.2. The van der Waals surface area contributed by atoms with Crippen LogP contribution in [0.1, 0.15) is 68.8 Å². The number of hydrogen-bond donors (Lipinski definition) is 2. The van der Waals surface area contributed by atoms with Crippen LogP contribution in [0.25, 0.3) is 0 Å². The predicted octanol–water partition coefficient (Wildman–Crippen LogP) is 5.90. The zero-order valence-corrected chi connectivity index (χ0v) is 27.4. The number of aliphatic hydroxyl groups is 1. The number of anilines is 1. The highest BCUT2D eigenvalue weighted by Crippen LogP contribution is 2.29.